The van der Waals surface area contributed by atoms with Crippen molar-refractivity contribution in [1.82, 2.24) is 0 Å². The Kier molecular flexibility index (Phi) is 5.86. The van der Waals surface area contributed by atoms with Crippen LogP contribution in [0.2, 0.25) is 0 Å². The predicted octanol–water partition coefficient (Wildman–Crippen LogP) is 3.62. The Bertz CT molecular complexity index is 401. The quantitative estimate of drug-likeness (QED) is 0.445. The van der Waals surface area contributed by atoms with Gasteiger partial charge in [-0.05, 0) is 10.6 Å². The van der Waals surface area contributed by atoms with E-state index in [9.17, 15) is 17.3 Å². The fourth-order valence-corrected chi connectivity index (χ4v) is 2.26. The zero-order valence-corrected chi connectivity index (χ0v) is 10.4. The molecule has 0 saturated heterocycles. The Hall–Kier alpha value is -1.35. The largest absolute Gasteiger partial charge is 0.673 e. The van der Waals surface area contributed by atoms with Crippen molar-refractivity contribution in [1.29, 1.82) is 0 Å². The Morgan fingerprint density at radius 2 is 0.889 bits per heavy atom. The molecule has 0 atom stereocenters. The number of benzene rings is 2. The summed E-state index contributed by atoms with van der Waals surface area (Å²) in [5.74, 6) is 0. The number of hydrogen-bond acceptors (Lipinski definition) is 0. The number of hydrogen-bond donors (Lipinski definition) is 0. The molecule has 0 amide bonds. The Morgan fingerprint density at radius 3 is 1.17 bits per heavy atom. The fraction of sp³-hybridized carbons (Fsp3) is 0. The van der Waals surface area contributed by atoms with Crippen LogP contribution in [-0.2, 0) is 0 Å². The normalized spacial score (nSPS) is 10.4. The van der Waals surface area contributed by atoms with Crippen LogP contribution in [0.25, 0.3) is 0 Å². The number of rotatable bonds is 2. The standard InChI is InChI=1S/C12H11P.BF4/c1-3-7-11(8-4-1)13-12-9-5-2-6-10-12;2-1(3,4)5/h1-10,13H;/q;-1. The van der Waals surface area contributed by atoms with E-state index in [2.05, 4.69) is 60.7 Å². The van der Waals surface area contributed by atoms with Crippen LogP contribution in [0, 0.1) is 0 Å². The van der Waals surface area contributed by atoms with Gasteiger partial charge in [-0.2, -0.15) is 0 Å². The molecule has 0 aliphatic rings. The first-order chi connectivity index (χ1) is 8.45. The maximum atomic E-state index is 9.75. The molecule has 2 aromatic rings. The van der Waals surface area contributed by atoms with Gasteiger partial charge in [-0.1, -0.05) is 69.2 Å². The summed E-state index contributed by atoms with van der Waals surface area (Å²) in [5, 5.41) is 2.79. The first kappa shape index (κ1) is 14.7. The van der Waals surface area contributed by atoms with E-state index < -0.39 is 7.25 Å². The minimum absolute atomic E-state index is 0.777. The van der Waals surface area contributed by atoms with E-state index in [1.165, 1.54) is 10.6 Å². The summed E-state index contributed by atoms with van der Waals surface area (Å²) in [4.78, 5) is 0. The summed E-state index contributed by atoms with van der Waals surface area (Å²) >= 11 is 0. The molecule has 0 fully saturated rings. The summed E-state index contributed by atoms with van der Waals surface area (Å²) in [6.07, 6.45) is 0. The Balaban J connectivity index is 0.000000280. The first-order valence-corrected chi connectivity index (χ1v) is 6.19. The van der Waals surface area contributed by atoms with Gasteiger partial charge < -0.3 is 17.3 Å². The van der Waals surface area contributed by atoms with Crippen molar-refractivity contribution < 1.29 is 17.3 Å². The average Bonchev–Trinajstić information content (AvgIpc) is 2.29. The Morgan fingerprint density at radius 1 is 0.611 bits per heavy atom. The van der Waals surface area contributed by atoms with Crippen molar-refractivity contribution in [2.45, 2.75) is 0 Å². The van der Waals surface area contributed by atoms with Gasteiger partial charge in [0.15, 0.2) is 0 Å². The van der Waals surface area contributed by atoms with Crippen LogP contribution in [-0.4, -0.2) is 7.25 Å². The van der Waals surface area contributed by atoms with E-state index in [0.717, 1.165) is 8.58 Å². The van der Waals surface area contributed by atoms with Crippen LogP contribution in [0.5, 0.6) is 0 Å². The molecule has 0 heterocycles. The molecule has 0 spiro atoms. The molecule has 0 N–H and O–H groups in total. The maximum absolute atomic E-state index is 9.75. The lowest BCUT2D eigenvalue weighted by atomic mass is 10.3. The highest BCUT2D eigenvalue weighted by molar-refractivity contribution is 7.55. The van der Waals surface area contributed by atoms with Gasteiger partial charge in [0.2, 0.25) is 0 Å². The van der Waals surface area contributed by atoms with Gasteiger partial charge in [-0.3, -0.25) is 0 Å². The van der Waals surface area contributed by atoms with Crippen molar-refractivity contribution in [3.8, 4) is 0 Å². The lowest BCUT2D eigenvalue weighted by Crippen LogP contribution is -2.02. The molecular weight excluding hydrogens is 262 g/mol. The molecule has 0 saturated carbocycles. The second-order valence-electron chi connectivity index (χ2n) is 3.35. The van der Waals surface area contributed by atoms with Gasteiger partial charge in [-0.25, -0.2) is 0 Å². The minimum Gasteiger partial charge on any atom is -0.418 e. The van der Waals surface area contributed by atoms with Crippen LogP contribution in [0.1, 0.15) is 0 Å². The highest BCUT2D eigenvalue weighted by atomic mass is 31.1. The zero-order valence-electron chi connectivity index (χ0n) is 9.36. The third-order valence-corrected chi connectivity index (χ3v) is 3.08. The van der Waals surface area contributed by atoms with E-state index in [-0.39, 0.29) is 0 Å². The first-order valence-electron chi connectivity index (χ1n) is 5.19. The summed E-state index contributed by atoms with van der Waals surface area (Å²) < 4.78 is 39.0. The predicted molar refractivity (Wildman–Crippen MR) is 70.7 cm³/mol. The van der Waals surface area contributed by atoms with E-state index in [1.54, 1.807) is 0 Å². The van der Waals surface area contributed by atoms with Crippen molar-refractivity contribution >= 4 is 26.4 Å². The molecule has 18 heavy (non-hydrogen) atoms. The van der Waals surface area contributed by atoms with Gasteiger partial charge in [0.1, 0.15) is 0 Å². The third-order valence-electron chi connectivity index (χ3n) is 1.84. The lowest BCUT2D eigenvalue weighted by Gasteiger charge is -2.00. The second kappa shape index (κ2) is 7.17. The SMILES string of the molecule is F[B-](F)(F)F.c1ccc(Pc2ccccc2)cc1. The highest BCUT2D eigenvalue weighted by Crippen LogP contribution is 2.08. The van der Waals surface area contributed by atoms with E-state index in [1.807, 2.05) is 0 Å². The van der Waals surface area contributed by atoms with Crippen LogP contribution in [0.3, 0.4) is 0 Å². The number of halogens is 4. The summed E-state index contributed by atoms with van der Waals surface area (Å²) in [6, 6.07) is 21.2. The summed E-state index contributed by atoms with van der Waals surface area (Å²) in [7, 11) is -5.22. The van der Waals surface area contributed by atoms with E-state index >= 15 is 0 Å². The molecular formula is C12H11BF4P-. The van der Waals surface area contributed by atoms with E-state index in [4.69, 9.17) is 0 Å². The highest BCUT2D eigenvalue weighted by Gasteiger charge is 2.20. The average molecular weight is 273 g/mol. The molecule has 0 aromatic heterocycles. The molecule has 0 aliphatic heterocycles. The second-order valence-corrected chi connectivity index (χ2v) is 4.76. The third kappa shape index (κ3) is 7.85. The molecule has 0 radical (unpaired) electrons. The van der Waals surface area contributed by atoms with Gasteiger partial charge in [0.25, 0.3) is 0 Å². The van der Waals surface area contributed by atoms with Crippen LogP contribution in [0.15, 0.2) is 60.7 Å². The molecule has 0 bridgehead atoms. The Labute approximate surface area is 105 Å². The minimum atomic E-state index is -6.00. The molecule has 0 aliphatic carbocycles. The van der Waals surface area contributed by atoms with Crippen molar-refractivity contribution in [2.75, 3.05) is 0 Å². The smallest absolute Gasteiger partial charge is 0.418 e. The zero-order chi connectivity index (χ0) is 13.4. The van der Waals surface area contributed by atoms with Gasteiger partial charge in [-0.15, -0.1) is 0 Å². The van der Waals surface area contributed by atoms with Gasteiger partial charge in [0, 0.05) is 0 Å². The topological polar surface area (TPSA) is 0 Å². The molecule has 2 aromatic carbocycles. The molecule has 0 unspecified atom stereocenters. The van der Waals surface area contributed by atoms with Crippen LogP contribution < -0.4 is 10.6 Å². The lowest BCUT2D eigenvalue weighted by molar-refractivity contribution is 0.368. The van der Waals surface area contributed by atoms with E-state index in [0.29, 0.717) is 0 Å². The fourth-order valence-electron chi connectivity index (χ4n) is 1.21. The molecule has 96 valence electrons. The van der Waals surface area contributed by atoms with Crippen LogP contribution in [0.4, 0.5) is 17.3 Å². The van der Waals surface area contributed by atoms with Crippen molar-refractivity contribution in [2.24, 2.45) is 0 Å². The van der Waals surface area contributed by atoms with Crippen molar-refractivity contribution in [3.63, 3.8) is 0 Å². The van der Waals surface area contributed by atoms with Gasteiger partial charge in [0.05, 0.1) is 0 Å². The molecule has 6 heteroatoms. The van der Waals surface area contributed by atoms with Gasteiger partial charge >= 0.3 is 7.25 Å². The summed E-state index contributed by atoms with van der Waals surface area (Å²) in [6.45, 7) is 0. The molecule has 0 nitrogen and oxygen atoms in total. The monoisotopic (exact) mass is 273 g/mol. The maximum Gasteiger partial charge on any atom is 0.673 e. The van der Waals surface area contributed by atoms with Crippen LogP contribution >= 0.6 is 8.58 Å². The summed E-state index contributed by atoms with van der Waals surface area (Å²) in [5.41, 5.74) is 0. The molecule has 2 rings (SSSR count). The van der Waals surface area contributed by atoms with Crippen molar-refractivity contribution in [3.05, 3.63) is 60.7 Å².